The zero-order chi connectivity index (χ0) is 18.1. The first kappa shape index (κ1) is 16.8. The maximum absolute atomic E-state index is 12.2. The van der Waals surface area contributed by atoms with Crippen molar-refractivity contribution in [2.75, 3.05) is 0 Å². The van der Waals surface area contributed by atoms with Crippen molar-refractivity contribution in [3.63, 3.8) is 0 Å². The Kier molecular flexibility index (Phi) is 4.46. The Bertz CT molecular complexity index is 967. The summed E-state index contributed by atoms with van der Waals surface area (Å²) in [7, 11) is 0. The molecule has 2 heterocycles. The van der Waals surface area contributed by atoms with Gasteiger partial charge >= 0.3 is 6.61 Å². The Labute approximate surface area is 151 Å². The topological polar surface area (TPSA) is 69.9 Å². The largest absolute Gasteiger partial charge is 0.435 e. The standard InChI is InChI=1S/C17H14F2N4O2S/c18-17(19)25-12-5-3-10(4-6-12)13-7-8-15(24)23(22-13)9-14-20-21-16(26-14)11-1-2-11/h3-8,11,17H,1-2,9H2. The van der Waals surface area contributed by atoms with E-state index in [-0.39, 0.29) is 17.9 Å². The van der Waals surface area contributed by atoms with Crippen LogP contribution in [0.2, 0.25) is 0 Å². The molecule has 0 bridgehead atoms. The molecular formula is C17H14F2N4O2S. The first-order valence-corrected chi connectivity index (χ1v) is 8.86. The van der Waals surface area contributed by atoms with Crippen LogP contribution in [0, 0.1) is 0 Å². The molecule has 0 unspecified atom stereocenters. The highest BCUT2D eigenvalue weighted by Gasteiger charge is 2.27. The van der Waals surface area contributed by atoms with Crippen LogP contribution < -0.4 is 10.3 Å². The third-order valence-corrected chi connectivity index (χ3v) is 5.01. The van der Waals surface area contributed by atoms with Crippen LogP contribution in [0.15, 0.2) is 41.2 Å². The summed E-state index contributed by atoms with van der Waals surface area (Å²) in [4.78, 5) is 12.1. The molecule has 0 spiro atoms. The van der Waals surface area contributed by atoms with E-state index in [2.05, 4.69) is 20.0 Å². The van der Waals surface area contributed by atoms with E-state index in [1.54, 1.807) is 18.2 Å². The second-order valence-corrected chi connectivity index (χ2v) is 7.02. The monoisotopic (exact) mass is 376 g/mol. The molecule has 26 heavy (non-hydrogen) atoms. The fourth-order valence-corrected chi connectivity index (χ4v) is 3.47. The van der Waals surface area contributed by atoms with E-state index < -0.39 is 6.61 Å². The first-order valence-electron chi connectivity index (χ1n) is 8.04. The highest BCUT2D eigenvalue weighted by Crippen LogP contribution is 2.41. The van der Waals surface area contributed by atoms with Crippen LogP contribution >= 0.6 is 11.3 Å². The predicted octanol–water partition coefficient (Wildman–Crippen LogP) is 3.29. The van der Waals surface area contributed by atoms with Crippen molar-refractivity contribution in [2.45, 2.75) is 31.9 Å². The number of ether oxygens (including phenoxy) is 1. The molecule has 0 saturated heterocycles. The minimum atomic E-state index is -2.87. The average molecular weight is 376 g/mol. The lowest BCUT2D eigenvalue weighted by atomic mass is 10.1. The van der Waals surface area contributed by atoms with E-state index in [9.17, 15) is 13.6 Å². The maximum Gasteiger partial charge on any atom is 0.387 e. The second kappa shape index (κ2) is 6.91. The molecule has 1 fully saturated rings. The van der Waals surface area contributed by atoms with E-state index in [4.69, 9.17) is 0 Å². The van der Waals surface area contributed by atoms with Crippen molar-refractivity contribution < 1.29 is 13.5 Å². The quantitative estimate of drug-likeness (QED) is 0.660. The Balaban J connectivity index is 1.56. The normalized spacial score (nSPS) is 14.0. The van der Waals surface area contributed by atoms with Crippen LogP contribution in [0.25, 0.3) is 11.3 Å². The van der Waals surface area contributed by atoms with Gasteiger partial charge in [0.1, 0.15) is 15.8 Å². The Morgan fingerprint density at radius 2 is 1.92 bits per heavy atom. The van der Waals surface area contributed by atoms with Crippen LogP contribution in [-0.4, -0.2) is 26.6 Å². The SMILES string of the molecule is O=c1ccc(-c2ccc(OC(F)F)cc2)nn1Cc1nnc(C2CC2)s1. The summed E-state index contributed by atoms with van der Waals surface area (Å²) in [5.74, 6) is 0.588. The number of nitrogens with zero attached hydrogens (tertiary/aromatic N) is 4. The van der Waals surface area contributed by atoms with Gasteiger partial charge < -0.3 is 4.74 Å². The lowest BCUT2D eigenvalue weighted by molar-refractivity contribution is -0.0498. The van der Waals surface area contributed by atoms with Crippen LogP contribution in [0.5, 0.6) is 5.75 Å². The summed E-state index contributed by atoms with van der Waals surface area (Å²) in [5, 5.41) is 14.4. The molecule has 134 valence electrons. The van der Waals surface area contributed by atoms with Gasteiger partial charge in [-0.2, -0.15) is 13.9 Å². The Hall–Kier alpha value is -2.68. The molecule has 1 aliphatic rings. The van der Waals surface area contributed by atoms with Gasteiger partial charge in [-0.3, -0.25) is 4.79 Å². The molecule has 0 radical (unpaired) electrons. The molecule has 9 heteroatoms. The number of benzene rings is 1. The first-order chi connectivity index (χ1) is 12.6. The van der Waals surface area contributed by atoms with Crippen LogP contribution in [0.4, 0.5) is 8.78 Å². The van der Waals surface area contributed by atoms with Crippen molar-refractivity contribution in [1.29, 1.82) is 0 Å². The van der Waals surface area contributed by atoms with Gasteiger partial charge in [0.15, 0.2) is 0 Å². The maximum atomic E-state index is 12.2. The van der Waals surface area contributed by atoms with Gasteiger partial charge in [-0.05, 0) is 43.2 Å². The third kappa shape index (κ3) is 3.77. The van der Waals surface area contributed by atoms with Crippen molar-refractivity contribution >= 4 is 11.3 Å². The summed E-state index contributed by atoms with van der Waals surface area (Å²) in [6.45, 7) is -2.61. The molecule has 1 aliphatic carbocycles. The summed E-state index contributed by atoms with van der Waals surface area (Å²) in [5.41, 5.74) is 1.01. The number of hydrogen-bond acceptors (Lipinski definition) is 6. The van der Waals surface area contributed by atoms with Gasteiger partial charge in [0.05, 0.1) is 12.2 Å². The molecule has 2 aromatic heterocycles. The molecule has 0 N–H and O–H groups in total. The van der Waals surface area contributed by atoms with Gasteiger partial charge in [-0.1, -0.05) is 11.3 Å². The van der Waals surface area contributed by atoms with Crippen molar-refractivity contribution in [2.24, 2.45) is 0 Å². The number of aromatic nitrogens is 4. The van der Waals surface area contributed by atoms with E-state index in [0.29, 0.717) is 17.2 Å². The van der Waals surface area contributed by atoms with Crippen molar-refractivity contribution in [3.05, 3.63) is 56.8 Å². The lowest BCUT2D eigenvalue weighted by Gasteiger charge is -2.07. The molecule has 0 atom stereocenters. The predicted molar refractivity (Wildman–Crippen MR) is 91.6 cm³/mol. The molecule has 0 amide bonds. The fraction of sp³-hybridized carbons (Fsp3) is 0.294. The highest BCUT2D eigenvalue weighted by atomic mass is 32.1. The Morgan fingerprint density at radius 3 is 2.62 bits per heavy atom. The van der Waals surface area contributed by atoms with Crippen LogP contribution in [-0.2, 0) is 6.54 Å². The average Bonchev–Trinajstić information content (AvgIpc) is 3.37. The summed E-state index contributed by atoms with van der Waals surface area (Å²) in [6, 6.07) is 9.12. The van der Waals surface area contributed by atoms with Gasteiger partial charge in [-0.25, -0.2) is 4.68 Å². The van der Waals surface area contributed by atoms with Gasteiger partial charge in [-0.15, -0.1) is 10.2 Å². The lowest BCUT2D eigenvalue weighted by Crippen LogP contribution is -2.22. The smallest absolute Gasteiger partial charge is 0.387 e. The number of halogens is 2. The summed E-state index contributed by atoms with van der Waals surface area (Å²) >= 11 is 1.51. The van der Waals surface area contributed by atoms with E-state index in [1.807, 2.05) is 0 Å². The molecule has 0 aliphatic heterocycles. The minimum Gasteiger partial charge on any atom is -0.435 e. The van der Waals surface area contributed by atoms with Crippen LogP contribution in [0.1, 0.15) is 28.8 Å². The molecule has 3 aromatic rings. The number of hydrogen-bond donors (Lipinski definition) is 0. The van der Waals surface area contributed by atoms with Gasteiger partial charge in [0.2, 0.25) is 0 Å². The fourth-order valence-electron chi connectivity index (χ4n) is 2.48. The zero-order valence-electron chi connectivity index (χ0n) is 13.5. The molecule has 1 saturated carbocycles. The Morgan fingerprint density at radius 1 is 1.15 bits per heavy atom. The van der Waals surface area contributed by atoms with Crippen LogP contribution in [0.3, 0.4) is 0 Å². The van der Waals surface area contributed by atoms with E-state index in [1.165, 1.54) is 34.2 Å². The van der Waals surface area contributed by atoms with Gasteiger partial charge in [0, 0.05) is 17.5 Å². The van der Waals surface area contributed by atoms with Gasteiger partial charge in [0.25, 0.3) is 5.56 Å². The number of rotatable bonds is 6. The number of alkyl halides is 2. The third-order valence-electron chi connectivity index (χ3n) is 3.94. The molecule has 6 nitrogen and oxygen atoms in total. The molecular weight excluding hydrogens is 362 g/mol. The molecule has 4 rings (SSSR count). The zero-order valence-corrected chi connectivity index (χ0v) is 14.3. The molecule has 1 aromatic carbocycles. The highest BCUT2D eigenvalue weighted by molar-refractivity contribution is 7.11. The second-order valence-electron chi connectivity index (χ2n) is 5.93. The summed E-state index contributed by atoms with van der Waals surface area (Å²) in [6.07, 6.45) is 2.29. The van der Waals surface area contributed by atoms with E-state index in [0.717, 1.165) is 22.9 Å². The van der Waals surface area contributed by atoms with E-state index >= 15 is 0 Å². The minimum absolute atomic E-state index is 0.0681. The summed E-state index contributed by atoms with van der Waals surface area (Å²) < 4.78 is 30.1. The van der Waals surface area contributed by atoms with Crippen molar-refractivity contribution in [3.8, 4) is 17.0 Å². The van der Waals surface area contributed by atoms with Crippen molar-refractivity contribution in [1.82, 2.24) is 20.0 Å².